The first kappa shape index (κ1) is 53.9. The number of carbonyl (C=O) groups is 2. The summed E-state index contributed by atoms with van der Waals surface area (Å²) in [5.41, 5.74) is 0. The van der Waals surface area contributed by atoms with E-state index in [9.17, 15) is 29.3 Å². The summed E-state index contributed by atoms with van der Waals surface area (Å²) in [6.45, 7) is 2.19. The van der Waals surface area contributed by atoms with E-state index in [1.165, 1.54) is 89.9 Å². The summed E-state index contributed by atoms with van der Waals surface area (Å²) < 4.78 is 32.6. The minimum absolute atomic E-state index is 0.0497. The summed E-state index contributed by atoms with van der Waals surface area (Å²) in [5, 5.41) is 28.4. The Morgan fingerprint density at radius 3 is 1.77 bits per heavy atom. The molecule has 0 aliphatic rings. The molecular weight excluding hydrogens is 735 g/mol. The predicted octanol–water partition coefficient (Wildman–Crippen LogP) is 10.3. The standard InChI is InChI=1S/C44H79O11P/c1-3-5-7-9-11-13-14-15-16-17-18-20-22-26-30-34-43(48)52-38-42(39-54-56(50,51)53-37-41(47)36-45)55-44(49)35-31-27-23-25-29-33-40(46)32-28-24-21-19-12-10-8-6-4-2/h12,19,23-25,28-29,33,40-42,45-47H,3-11,13-18,20-22,26-27,30-32,34-39H2,1-2H3,(H,50,51)/b19-12-,25-23+,28-24-,33-29-/t40?,41-,42+/m0/s1. The average Bonchev–Trinajstić information content (AvgIpc) is 3.18. The molecule has 326 valence electrons. The number of esters is 2. The van der Waals surface area contributed by atoms with E-state index in [-0.39, 0.29) is 19.4 Å². The summed E-state index contributed by atoms with van der Waals surface area (Å²) in [6.07, 6.45) is 38.2. The third-order valence-electron chi connectivity index (χ3n) is 9.07. The molecule has 0 bridgehead atoms. The molecule has 0 saturated heterocycles. The second-order valence-corrected chi connectivity index (χ2v) is 16.0. The molecule has 4 N–H and O–H groups in total. The van der Waals surface area contributed by atoms with Crippen molar-refractivity contribution in [2.24, 2.45) is 0 Å². The van der Waals surface area contributed by atoms with Crippen molar-refractivity contribution in [1.29, 1.82) is 0 Å². The van der Waals surface area contributed by atoms with Crippen LogP contribution in [0.2, 0.25) is 0 Å². The topological polar surface area (TPSA) is 169 Å². The Hall–Kier alpha value is -2.11. The Balaban J connectivity index is 4.48. The first-order chi connectivity index (χ1) is 27.1. The normalized spacial score (nSPS) is 14.9. The molecule has 0 heterocycles. The van der Waals surface area contributed by atoms with Gasteiger partial charge in [-0.2, -0.15) is 0 Å². The molecule has 12 heteroatoms. The van der Waals surface area contributed by atoms with Gasteiger partial charge >= 0.3 is 19.8 Å². The van der Waals surface area contributed by atoms with Gasteiger partial charge in [0.05, 0.1) is 25.9 Å². The molecule has 0 spiro atoms. The van der Waals surface area contributed by atoms with Gasteiger partial charge in [0.2, 0.25) is 0 Å². The molecule has 0 aliphatic heterocycles. The number of ether oxygens (including phenoxy) is 2. The van der Waals surface area contributed by atoms with E-state index >= 15 is 0 Å². The highest BCUT2D eigenvalue weighted by atomic mass is 31.2. The number of carbonyl (C=O) groups excluding carboxylic acids is 2. The van der Waals surface area contributed by atoms with Crippen molar-refractivity contribution < 1.29 is 52.9 Å². The van der Waals surface area contributed by atoms with Crippen molar-refractivity contribution in [3.8, 4) is 0 Å². The van der Waals surface area contributed by atoms with Gasteiger partial charge in [0.1, 0.15) is 12.7 Å². The van der Waals surface area contributed by atoms with Gasteiger partial charge in [-0.1, -0.05) is 165 Å². The van der Waals surface area contributed by atoms with Crippen molar-refractivity contribution in [1.82, 2.24) is 0 Å². The van der Waals surface area contributed by atoms with Crippen LogP contribution in [0.4, 0.5) is 0 Å². The van der Waals surface area contributed by atoms with Crippen LogP contribution in [0, 0.1) is 0 Å². The predicted molar refractivity (Wildman–Crippen MR) is 225 cm³/mol. The molecule has 2 unspecified atom stereocenters. The van der Waals surface area contributed by atoms with E-state index < -0.39 is 57.9 Å². The number of phosphoric ester groups is 1. The van der Waals surface area contributed by atoms with E-state index in [2.05, 4.69) is 30.5 Å². The van der Waals surface area contributed by atoms with Crippen LogP contribution in [-0.2, 0) is 32.7 Å². The van der Waals surface area contributed by atoms with Crippen molar-refractivity contribution in [3.05, 3.63) is 48.6 Å². The summed E-state index contributed by atoms with van der Waals surface area (Å²) in [4.78, 5) is 35.0. The number of aliphatic hydroxyl groups is 3. The monoisotopic (exact) mass is 815 g/mol. The lowest BCUT2D eigenvalue weighted by molar-refractivity contribution is -0.161. The first-order valence-electron chi connectivity index (χ1n) is 21.7. The van der Waals surface area contributed by atoms with Crippen molar-refractivity contribution >= 4 is 19.8 Å². The zero-order chi connectivity index (χ0) is 41.4. The Labute approximate surface area is 339 Å². The van der Waals surface area contributed by atoms with Crippen LogP contribution < -0.4 is 0 Å². The largest absolute Gasteiger partial charge is 0.472 e. The highest BCUT2D eigenvalue weighted by molar-refractivity contribution is 7.47. The molecule has 0 rings (SSSR count). The molecular formula is C44H79O11P. The Morgan fingerprint density at radius 1 is 0.607 bits per heavy atom. The molecule has 0 saturated carbocycles. The Morgan fingerprint density at radius 2 is 1.14 bits per heavy atom. The van der Waals surface area contributed by atoms with E-state index in [4.69, 9.17) is 19.1 Å². The fourth-order valence-corrected chi connectivity index (χ4v) is 6.44. The first-order valence-corrected chi connectivity index (χ1v) is 23.2. The summed E-state index contributed by atoms with van der Waals surface area (Å²) in [6, 6.07) is 0. The van der Waals surface area contributed by atoms with Gasteiger partial charge in [-0.3, -0.25) is 18.6 Å². The summed E-state index contributed by atoms with van der Waals surface area (Å²) >= 11 is 0. The summed E-state index contributed by atoms with van der Waals surface area (Å²) in [5.74, 6) is -1.05. The molecule has 0 radical (unpaired) electrons. The molecule has 0 aromatic heterocycles. The lowest BCUT2D eigenvalue weighted by Crippen LogP contribution is -2.29. The minimum Gasteiger partial charge on any atom is -0.462 e. The minimum atomic E-state index is -4.65. The number of allylic oxidation sites excluding steroid dienone is 6. The van der Waals surface area contributed by atoms with Gasteiger partial charge in [-0.25, -0.2) is 4.57 Å². The Bertz CT molecular complexity index is 1090. The van der Waals surface area contributed by atoms with Gasteiger partial charge < -0.3 is 29.7 Å². The van der Waals surface area contributed by atoms with E-state index in [1.807, 2.05) is 18.2 Å². The third-order valence-corrected chi connectivity index (χ3v) is 10.0. The number of unbranched alkanes of at least 4 members (excludes halogenated alkanes) is 18. The molecule has 4 atom stereocenters. The van der Waals surface area contributed by atoms with Crippen LogP contribution in [0.5, 0.6) is 0 Å². The lowest BCUT2D eigenvalue weighted by Gasteiger charge is -2.20. The molecule has 11 nitrogen and oxygen atoms in total. The van der Waals surface area contributed by atoms with Crippen molar-refractivity contribution in [2.75, 3.05) is 26.4 Å². The molecule has 0 aromatic rings. The van der Waals surface area contributed by atoms with E-state index in [1.54, 1.807) is 18.2 Å². The molecule has 56 heavy (non-hydrogen) atoms. The molecule has 0 aliphatic carbocycles. The van der Waals surface area contributed by atoms with Gasteiger partial charge in [-0.15, -0.1) is 0 Å². The average molecular weight is 815 g/mol. The fourth-order valence-electron chi connectivity index (χ4n) is 5.65. The molecule has 0 fully saturated rings. The fraction of sp³-hybridized carbons (Fsp3) is 0.773. The van der Waals surface area contributed by atoms with Crippen molar-refractivity contribution in [3.63, 3.8) is 0 Å². The lowest BCUT2D eigenvalue weighted by atomic mass is 10.0. The summed E-state index contributed by atoms with van der Waals surface area (Å²) in [7, 11) is -4.65. The zero-order valence-corrected chi connectivity index (χ0v) is 35.8. The van der Waals surface area contributed by atoms with Gasteiger partial charge in [0.25, 0.3) is 0 Å². The maximum atomic E-state index is 12.6. The second-order valence-electron chi connectivity index (χ2n) is 14.6. The van der Waals surface area contributed by atoms with E-state index in [0.717, 1.165) is 32.1 Å². The second kappa shape index (κ2) is 39.7. The maximum Gasteiger partial charge on any atom is 0.472 e. The van der Waals surface area contributed by atoms with Gasteiger partial charge in [-0.05, 0) is 44.9 Å². The van der Waals surface area contributed by atoms with Crippen molar-refractivity contribution in [2.45, 2.75) is 193 Å². The van der Waals surface area contributed by atoms with Crippen LogP contribution in [0.25, 0.3) is 0 Å². The molecule has 0 aromatic carbocycles. The number of hydrogen-bond donors (Lipinski definition) is 4. The van der Waals surface area contributed by atoms with Crippen LogP contribution >= 0.6 is 7.82 Å². The van der Waals surface area contributed by atoms with Crippen LogP contribution in [-0.4, -0.2) is 76.9 Å². The molecule has 0 amide bonds. The zero-order valence-electron chi connectivity index (χ0n) is 35.0. The number of hydrogen-bond acceptors (Lipinski definition) is 10. The van der Waals surface area contributed by atoms with Crippen LogP contribution in [0.15, 0.2) is 48.6 Å². The number of rotatable bonds is 40. The smallest absolute Gasteiger partial charge is 0.462 e. The van der Waals surface area contributed by atoms with Crippen LogP contribution in [0.3, 0.4) is 0 Å². The van der Waals surface area contributed by atoms with E-state index in [0.29, 0.717) is 25.7 Å². The SMILES string of the molecule is CCCCC/C=C\C/C=C\CC(O)/C=C\C=C\CCCC(=O)O[C@H](COC(=O)CCCCCCCCCCCCCCCCC)COP(=O)(O)OC[C@@H](O)CO. The highest BCUT2D eigenvalue weighted by Crippen LogP contribution is 2.43. The Kier molecular flexibility index (Phi) is 38.2. The number of phosphoric acid groups is 1. The highest BCUT2D eigenvalue weighted by Gasteiger charge is 2.27. The van der Waals surface area contributed by atoms with Crippen LogP contribution in [0.1, 0.15) is 174 Å². The maximum absolute atomic E-state index is 12.6. The van der Waals surface area contributed by atoms with Gasteiger partial charge in [0.15, 0.2) is 6.10 Å². The van der Waals surface area contributed by atoms with Gasteiger partial charge in [0, 0.05) is 12.8 Å². The number of aliphatic hydroxyl groups excluding tert-OH is 3. The quantitative estimate of drug-likeness (QED) is 0.0153. The third kappa shape index (κ3) is 38.7.